The molecular formula is C10H16N2S. The van der Waals surface area contributed by atoms with E-state index in [-0.39, 0.29) is 0 Å². The third-order valence-corrected chi connectivity index (χ3v) is 3.76. The maximum atomic E-state index is 4.66. The minimum absolute atomic E-state index is 0.401. The van der Waals surface area contributed by atoms with Crippen LogP contribution in [0.5, 0.6) is 0 Å². The minimum Gasteiger partial charge on any atom is -0.319 e. The summed E-state index contributed by atoms with van der Waals surface area (Å²) in [6.45, 7) is 3.25. The maximum absolute atomic E-state index is 4.66. The number of nitrogens with zero attached hydrogens (tertiary/aromatic N) is 1. The Labute approximate surface area is 83.4 Å². The van der Waals surface area contributed by atoms with Crippen LogP contribution in [0.2, 0.25) is 0 Å². The number of hydrogen-bond acceptors (Lipinski definition) is 3. The van der Waals surface area contributed by atoms with Gasteiger partial charge in [-0.2, -0.15) is 0 Å². The molecule has 0 atom stereocenters. The fourth-order valence-electron chi connectivity index (χ4n) is 1.73. The first kappa shape index (κ1) is 9.16. The predicted octanol–water partition coefficient (Wildman–Crippen LogP) is 1.96. The lowest BCUT2D eigenvalue weighted by molar-refractivity contribution is 0.609. The second-order valence-corrected chi connectivity index (χ2v) is 4.73. The highest BCUT2D eigenvalue weighted by Gasteiger charge is 2.45. The fraction of sp³-hybridized carbons (Fsp3) is 0.700. The van der Waals surface area contributed by atoms with Gasteiger partial charge >= 0.3 is 0 Å². The van der Waals surface area contributed by atoms with Crippen molar-refractivity contribution in [1.82, 2.24) is 10.3 Å². The second kappa shape index (κ2) is 3.39. The zero-order valence-electron chi connectivity index (χ0n) is 8.26. The molecule has 0 spiro atoms. The van der Waals surface area contributed by atoms with Gasteiger partial charge in [0.15, 0.2) is 0 Å². The third kappa shape index (κ3) is 1.63. The topological polar surface area (TPSA) is 24.9 Å². The molecule has 3 heteroatoms. The summed E-state index contributed by atoms with van der Waals surface area (Å²) in [5.74, 6) is 0. The third-order valence-electron chi connectivity index (χ3n) is 2.77. The summed E-state index contributed by atoms with van der Waals surface area (Å²) >= 11 is 1.80. The quantitative estimate of drug-likeness (QED) is 0.796. The summed E-state index contributed by atoms with van der Waals surface area (Å²) in [6.07, 6.45) is 3.68. The molecule has 1 aromatic rings. The van der Waals surface area contributed by atoms with Crippen LogP contribution in [-0.4, -0.2) is 18.6 Å². The molecule has 1 fully saturated rings. The molecule has 1 heterocycles. The van der Waals surface area contributed by atoms with Crippen LogP contribution in [0, 0.1) is 0 Å². The Bertz CT molecular complexity index is 289. The molecule has 0 amide bonds. The van der Waals surface area contributed by atoms with Crippen LogP contribution in [0.15, 0.2) is 5.38 Å². The highest BCUT2D eigenvalue weighted by molar-refractivity contribution is 7.09. The van der Waals surface area contributed by atoms with Gasteiger partial charge in [0.05, 0.1) is 10.7 Å². The molecule has 0 radical (unpaired) electrons. The predicted molar refractivity (Wildman–Crippen MR) is 56.3 cm³/mol. The molecule has 0 bridgehead atoms. The van der Waals surface area contributed by atoms with E-state index in [0.717, 1.165) is 13.0 Å². The van der Waals surface area contributed by atoms with E-state index < -0.39 is 0 Å². The Morgan fingerprint density at radius 2 is 2.38 bits per heavy atom. The molecule has 72 valence electrons. The average molecular weight is 196 g/mol. The van der Waals surface area contributed by atoms with E-state index >= 15 is 0 Å². The van der Waals surface area contributed by atoms with Gasteiger partial charge in [0.25, 0.3) is 0 Å². The number of hydrogen-bond donors (Lipinski definition) is 1. The van der Waals surface area contributed by atoms with Gasteiger partial charge in [0.1, 0.15) is 0 Å². The van der Waals surface area contributed by atoms with Crippen molar-refractivity contribution in [1.29, 1.82) is 0 Å². The molecule has 0 unspecified atom stereocenters. The molecule has 1 aliphatic carbocycles. The average Bonchev–Trinajstić information content (AvgIpc) is 2.78. The lowest BCUT2D eigenvalue weighted by Crippen LogP contribution is -2.23. The van der Waals surface area contributed by atoms with Gasteiger partial charge in [0, 0.05) is 17.3 Å². The first-order valence-electron chi connectivity index (χ1n) is 4.90. The second-order valence-electron chi connectivity index (χ2n) is 3.79. The van der Waals surface area contributed by atoms with Crippen LogP contribution in [0.1, 0.15) is 30.5 Å². The number of aromatic nitrogens is 1. The van der Waals surface area contributed by atoms with Gasteiger partial charge < -0.3 is 5.32 Å². The Balaban J connectivity index is 2.15. The van der Waals surface area contributed by atoms with Crippen molar-refractivity contribution in [3.8, 4) is 0 Å². The van der Waals surface area contributed by atoms with Gasteiger partial charge in [-0.05, 0) is 26.3 Å². The monoisotopic (exact) mass is 196 g/mol. The van der Waals surface area contributed by atoms with Gasteiger partial charge in [-0.3, -0.25) is 0 Å². The Hall–Kier alpha value is -0.410. The summed E-state index contributed by atoms with van der Waals surface area (Å²) in [6, 6.07) is 0. The molecule has 0 aliphatic heterocycles. The van der Waals surface area contributed by atoms with Crippen molar-refractivity contribution in [2.75, 3.05) is 13.6 Å². The molecule has 1 saturated carbocycles. The molecule has 2 rings (SSSR count). The Morgan fingerprint density at radius 1 is 1.62 bits per heavy atom. The van der Waals surface area contributed by atoms with Crippen LogP contribution < -0.4 is 5.32 Å². The van der Waals surface area contributed by atoms with Gasteiger partial charge in [0.2, 0.25) is 0 Å². The molecule has 13 heavy (non-hydrogen) atoms. The van der Waals surface area contributed by atoms with Crippen molar-refractivity contribution < 1.29 is 0 Å². The number of rotatable bonds is 4. The van der Waals surface area contributed by atoms with Gasteiger partial charge in [-0.25, -0.2) is 4.98 Å². The van der Waals surface area contributed by atoms with Crippen molar-refractivity contribution in [3.05, 3.63) is 16.1 Å². The van der Waals surface area contributed by atoms with Crippen molar-refractivity contribution in [2.24, 2.45) is 0 Å². The summed E-state index contributed by atoms with van der Waals surface area (Å²) < 4.78 is 0. The van der Waals surface area contributed by atoms with Gasteiger partial charge in [-0.1, -0.05) is 6.92 Å². The number of aryl methyl sites for hydroxylation is 1. The zero-order valence-corrected chi connectivity index (χ0v) is 9.08. The van der Waals surface area contributed by atoms with Crippen LogP contribution in [-0.2, 0) is 11.8 Å². The molecule has 2 nitrogen and oxygen atoms in total. The largest absolute Gasteiger partial charge is 0.319 e. The van der Waals surface area contributed by atoms with Crippen LogP contribution in [0.25, 0.3) is 0 Å². The maximum Gasteiger partial charge on any atom is 0.0925 e. The van der Waals surface area contributed by atoms with Crippen molar-refractivity contribution in [2.45, 2.75) is 31.6 Å². The molecule has 1 aliphatic rings. The van der Waals surface area contributed by atoms with E-state index in [2.05, 4.69) is 22.6 Å². The summed E-state index contributed by atoms with van der Waals surface area (Å²) in [5.41, 5.74) is 1.72. The normalized spacial score (nSPS) is 18.9. The summed E-state index contributed by atoms with van der Waals surface area (Å²) in [4.78, 5) is 4.66. The number of likely N-dealkylation sites (N-methyl/N-ethyl adjacent to an activating group) is 1. The first-order chi connectivity index (χ1) is 6.30. The van der Waals surface area contributed by atoms with Crippen molar-refractivity contribution in [3.63, 3.8) is 0 Å². The molecule has 1 N–H and O–H groups in total. The SMILES string of the molecule is CCc1nc(C2(CNC)CC2)cs1. The van der Waals surface area contributed by atoms with Gasteiger partial charge in [-0.15, -0.1) is 11.3 Å². The smallest absolute Gasteiger partial charge is 0.0925 e. The molecule has 1 aromatic heterocycles. The van der Waals surface area contributed by atoms with E-state index in [0.29, 0.717) is 5.41 Å². The molecular weight excluding hydrogens is 180 g/mol. The molecule has 0 saturated heterocycles. The van der Waals surface area contributed by atoms with E-state index in [1.165, 1.54) is 23.5 Å². The van der Waals surface area contributed by atoms with Crippen LogP contribution in [0.4, 0.5) is 0 Å². The first-order valence-corrected chi connectivity index (χ1v) is 5.78. The molecule has 0 aromatic carbocycles. The highest BCUT2D eigenvalue weighted by Crippen LogP contribution is 2.47. The summed E-state index contributed by atoms with van der Waals surface area (Å²) in [7, 11) is 2.02. The van der Waals surface area contributed by atoms with Crippen LogP contribution >= 0.6 is 11.3 Å². The lowest BCUT2D eigenvalue weighted by Gasteiger charge is -2.10. The zero-order chi connectivity index (χ0) is 9.31. The Morgan fingerprint density at radius 3 is 2.85 bits per heavy atom. The fourth-order valence-corrected chi connectivity index (χ4v) is 2.60. The van der Waals surface area contributed by atoms with Crippen molar-refractivity contribution >= 4 is 11.3 Å². The highest BCUT2D eigenvalue weighted by atomic mass is 32.1. The number of thiazole rings is 1. The minimum atomic E-state index is 0.401. The van der Waals surface area contributed by atoms with E-state index in [1.54, 1.807) is 11.3 Å². The summed E-state index contributed by atoms with van der Waals surface area (Å²) in [5, 5.41) is 6.78. The van der Waals surface area contributed by atoms with E-state index in [4.69, 9.17) is 0 Å². The van der Waals surface area contributed by atoms with E-state index in [9.17, 15) is 0 Å². The Kier molecular flexibility index (Phi) is 2.39. The van der Waals surface area contributed by atoms with Crippen LogP contribution in [0.3, 0.4) is 0 Å². The standard InChI is InChI=1S/C10H16N2S/c1-3-9-12-8(6-13-9)10(4-5-10)7-11-2/h6,11H,3-5,7H2,1-2H3. The number of nitrogens with one attached hydrogen (secondary N) is 1. The lowest BCUT2D eigenvalue weighted by atomic mass is 10.0. The van der Waals surface area contributed by atoms with E-state index in [1.807, 2.05) is 7.05 Å².